The topological polar surface area (TPSA) is 145 Å². The molecule has 0 radical (unpaired) electrons. The second-order valence-corrected chi connectivity index (χ2v) is 9.59. The molecule has 40 heavy (non-hydrogen) atoms. The van der Waals surface area contributed by atoms with Gasteiger partial charge in [0.05, 0.1) is 40.6 Å². The van der Waals surface area contributed by atoms with E-state index < -0.39 is 17.0 Å². The lowest BCUT2D eigenvalue weighted by Gasteiger charge is -2.28. The standard InChI is InChI=1S/C27H29FN4O8/c1-16(2)38-26(33)17-5-4-6-20(13-17)39-24-12-11-22(30-25(24)28)21-14-29-31(3)23(21)15-37-27(34)40-19-9-7-18(8-10-19)32(35)36/h7-12,14,16-17,20H,4-6,13,15H2,1-3H3/t17-,20-/m0/s1. The number of non-ortho nitro benzene ring substituents is 1. The van der Waals surface area contributed by atoms with E-state index in [1.165, 1.54) is 41.2 Å². The molecule has 3 aromatic rings. The molecule has 4 rings (SSSR count). The zero-order valence-corrected chi connectivity index (χ0v) is 22.2. The van der Waals surface area contributed by atoms with Gasteiger partial charge in [-0.15, -0.1) is 0 Å². The number of carbonyl (C=O) groups excluding carboxylic acids is 2. The van der Waals surface area contributed by atoms with Crippen LogP contribution in [0.2, 0.25) is 0 Å². The number of ether oxygens (including phenoxy) is 4. The lowest BCUT2D eigenvalue weighted by Crippen LogP contribution is -2.32. The largest absolute Gasteiger partial charge is 0.514 e. The zero-order chi connectivity index (χ0) is 28.8. The molecule has 1 saturated carbocycles. The Kier molecular flexibility index (Phi) is 8.92. The first-order chi connectivity index (χ1) is 19.1. The van der Waals surface area contributed by atoms with Gasteiger partial charge in [0, 0.05) is 24.7 Å². The minimum absolute atomic E-state index is 0.0278. The van der Waals surface area contributed by atoms with E-state index >= 15 is 0 Å². The van der Waals surface area contributed by atoms with Crippen LogP contribution in [0.1, 0.15) is 45.2 Å². The molecule has 13 heteroatoms. The molecule has 12 nitrogen and oxygen atoms in total. The first kappa shape index (κ1) is 28.5. The highest BCUT2D eigenvalue weighted by Gasteiger charge is 2.30. The van der Waals surface area contributed by atoms with Gasteiger partial charge in [-0.05, 0) is 63.8 Å². The molecule has 0 amide bonds. The highest BCUT2D eigenvalue weighted by Crippen LogP contribution is 2.31. The van der Waals surface area contributed by atoms with Gasteiger partial charge in [-0.3, -0.25) is 19.6 Å². The monoisotopic (exact) mass is 556 g/mol. The van der Waals surface area contributed by atoms with Gasteiger partial charge < -0.3 is 18.9 Å². The van der Waals surface area contributed by atoms with Crippen molar-refractivity contribution in [1.82, 2.24) is 14.8 Å². The molecule has 0 bridgehead atoms. The Morgan fingerprint density at radius 2 is 1.93 bits per heavy atom. The minimum Gasteiger partial charge on any atom is -0.486 e. The second-order valence-electron chi connectivity index (χ2n) is 9.59. The van der Waals surface area contributed by atoms with Crippen molar-refractivity contribution in [2.24, 2.45) is 13.0 Å². The van der Waals surface area contributed by atoms with Crippen molar-refractivity contribution in [1.29, 1.82) is 0 Å². The molecule has 1 fully saturated rings. The molecule has 2 atom stereocenters. The molecule has 2 heterocycles. The molecule has 0 spiro atoms. The molecular weight excluding hydrogens is 527 g/mol. The van der Waals surface area contributed by atoms with Gasteiger partial charge >= 0.3 is 12.1 Å². The van der Waals surface area contributed by atoms with Crippen LogP contribution in [0, 0.1) is 22.0 Å². The highest BCUT2D eigenvalue weighted by atomic mass is 19.1. The van der Waals surface area contributed by atoms with Crippen molar-refractivity contribution in [3.8, 4) is 22.8 Å². The molecular formula is C27H29FN4O8. The van der Waals surface area contributed by atoms with Gasteiger partial charge in [0.15, 0.2) is 5.75 Å². The Bertz CT molecular complexity index is 1380. The first-order valence-electron chi connectivity index (χ1n) is 12.7. The number of hydrogen-bond donors (Lipinski definition) is 0. The zero-order valence-electron chi connectivity index (χ0n) is 22.2. The number of aromatic nitrogens is 3. The first-order valence-corrected chi connectivity index (χ1v) is 12.7. The maximum Gasteiger partial charge on any atom is 0.514 e. The predicted molar refractivity (Wildman–Crippen MR) is 138 cm³/mol. The maximum atomic E-state index is 15.0. The van der Waals surface area contributed by atoms with E-state index in [1.54, 1.807) is 27.0 Å². The fraction of sp³-hybridized carbons (Fsp3) is 0.407. The van der Waals surface area contributed by atoms with Crippen LogP contribution in [0.3, 0.4) is 0 Å². The summed E-state index contributed by atoms with van der Waals surface area (Å²) in [5.41, 5.74) is 0.971. The fourth-order valence-corrected chi connectivity index (χ4v) is 4.37. The fourth-order valence-electron chi connectivity index (χ4n) is 4.37. The molecule has 0 unspecified atom stereocenters. The molecule has 1 aliphatic carbocycles. The van der Waals surface area contributed by atoms with Crippen LogP contribution < -0.4 is 9.47 Å². The van der Waals surface area contributed by atoms with Crippen molar-refractivity contribution < 1.29 is 37.9 Å². The smallest absolute Gasteiger partial charge is 0.486 e. The third-order valence-electron chi connectivity index (χ3n) is 6.33. The third-order valence-corrected chi connectivity index (χ3v) is 6.33. The molecule has 0 N–H and O–H groups in total. The Hall–Kier alpha value is -4.55. The average molecular weight is 557 g/mol. The molecule has 0 aliphatic heterocycles. The molecule has 0 saturated heterocycles. The minimum atomic E-state index is -1.04. The SMILES string of the molecule is CC(C)OC(=O)[C@H]1CCC[C@H](Oc2ccc(-c3cnn(C)c3COC(=O)Oc3ccc([N+](=O)[O-])cc3)nc2F)C1. The molecule has 1 aromatic carbocycles. The van der Waals surface area contributed by atoms with Crippen LogP contribution in [0.5, 0.6) is 11.5 Å². The van der Waals surface area contributed by atoms with Crippen LogP contribution in [-0.2, 0) is 27.9 Å². The van der Waals surface area contributed by atoms with Gasteiger partial charge in [0.2, 0.25) is 0 Å². The number of hydrogen-bond acceptors (Lipinski definition) is 10. The van der Waals surface area contributed by atoms with Crippen molar-refractivity contribution in [3.63, 3.8) is 0 Å². The molecule has 212 valence electrons. The summed E-state index contributed by atoms with van der Waals surface area (Å²) in [5.74, 6) is -1.33. The van der Waals surface area contributed by atoms with Crippen molar-refractivity contribution in [2.75, 3.05) is 0 Å². The Labute approximate surface area is 229 Å². The van der Waals surface area contributed by atoms with E-state index in [1.807, 2.05) is 0 Å². The summed E-state index contributed by atoms with van der Waals surface area (Å²) in [7, 11) is 1.63. The number of aryl methyl sites for hydroxylation is 1. The summed E-state index contributed by atoms with van der Waals surface area (Å²) in [6.07, 6.45) is 2.48. The number of nitro benzene ring substituents is 1. The summed E-state index contributed by atoms with van der Waals surface area (Å²) in [4.78, 5) is 38.7. The number of esters is 1. The van der Waals surface area contributed by atoms with Gasteiger partial charge in [0.1, 0.15) is 12.4 Å². The highest BCUT2D eigenvalue weighted by molar-refractivity contribution is 5.72. The molecule has 1 aliphatic rings. The second kappa shape index (κ2) is 12.5. The molecule has 2 aromatic heterocycles. The van der Waals surface area contributed by atoms with Crippen LogP contribution in [0.25, 0.3) is 11.3 Å². The summed E-state index contributed by atoms with van der Waals surface area (Å²) in [6, 6.07) is 7.98. The lowest BCUT2D eigenvalue weighted by molar-refractivity contribution is -0.384. The Morgan fingerprint density at radius 3 is 2.60 bits per heavy atom. The average Bonchev–Trinajstić information content (AvgIpc) is 3.28. The van der Waals surface area contributed by atoms with Crippen LogP contribution in [0.4, 0.5) is 14.9 Å². The van der Waals surface area contributed by atoms with E-state index in [4.69, 9.17) is 18.9 Å². The quantitative estimate of drug-likeness (QED) is 0.114. The number of nitrogens with zero attached hydrogens (tertiary/aromatic N) is 4. The van der Waals surface area contributed by atoms with Crippen LogP contribution >= 0.6 is 0 Å². The van der Waals surface area contributed by atoms with Crippen molar-refractivity contribution in [3.05, 3.63) is 64.4 Å². The summed E-state index contributed by atoms with van der Waals surface area (Å²) < 4.78 is 37.9. The number of nitro groups is 1. The number of halogens is 1. The number of benzene rings is 1. The number of rotatable bonds is 9. The van der Waals surface area contributed by atoms with Crippen molar-refractivity contribution >= 4 is 17.8 Å². The normalized spacial score (nSPS) is 16.8. The summed E-state index contributed by atoms with van der Waals surface area (Å²) in [6.45, 7) is 3.34. The van der Waals surface area contributed by atoms with Gasteiger partial charge in [0.25, 0.3) is 11.6 Å². The predicted octanol–water partition coefficient (Wildman–Crippen LogP) is 5.13. The Balaban J connectivity index is 1.38. The lowest BCUT2D eigenvalue weighted by atomic mass is 9.87. The van der Waals surface area contributed by atoms with E-state index in [0.717, 1.165) is 6.42 Å². The third kappa shape index (κ3) is 7.10. The van der Waals surface area contributed by atoms with E-state index in [2.05, 4.69) is 10.1 Å². The summed E-state index contributed by atoms with van der Waals surface area (Å²) >= 11 is 0. The summed E-state index contributed by atoms with van der Waals surface area (Å²) in [5, 5.41) is 14.9. The number of pyridine rings is 1. The van der Waals surface area contributed by atoms with Gasteiger partial charge in [-0.1, -0.05) is 0 Å². The van der Waals surface area contributed by atoms with Crippen LogP contribution in [0.15, 0.2) is 42.6 Å². The van der Waals surface area contributed by atoms with E-state index in [9.17, 15) is 24.1 Å². The van der Waals surface area contributed by atoms with E-state index in [0.29, 0.717) is 30.5 Å². The Morgan fingerprint density at radius 1 is 1.18 bits per heavy atom. The number of carbonyl (C=O) groups is 2. The van der Waals surface area contributed by atoms with E-state index in [-0.39, 0.29) is 53.6 Å². The van der Waals surface area contributed by atoms with Gasteiger partial charge in [-0.25, -0.2) is 9.78 Å². The maximum absolute atomic E-state index is 15.0. The van der Waals surface area contributed by atoms with Crippen molar-refractivity contribution in [2.45, 2.75) is 58.3 Å². The van der Waals surface area contributed by atoms with Crippen LogP contribution in [-0.4, -0.2) is 44.0 Å². The van der Waals surface area contributed by atoms with Gasteiger partial charge in [-0.2, -0.15) is 9.49 Å².